The van der Waals surface area contributed by atoms with Gasteiger partial charge < -0.3 is 9.73 Å². The van der Waals surface area contributed by atoms with Gasteiger partial charge in [-0.05, 0) is 57.0 Å². The van der Waals surface area contributed by atoms with Gasteiger partial charge in [0.15, 0.2) is 0 Å². The first-order valence-corrected chi connectivity index (χ1v) is 6.84. The lowest BCUT2D eigenvalue weighted by molar-refractivity contribution is 0.493. The maximum absolute atomic E-state index is 5.68. The molecule has 0 aliphatic heterocycles. The summed E-state index contributed by atoms with van der Waals surface area (Å²) in [4.78, 5) is 4.27. The standard InChI is InChI=1S/C16H22N2O/c1-5-7-18-16(14-9-12(3)19-13(14)4)15-10-17-8-6-11(15)2/h6,8-10,16,18H,5,7H2,1-4H3. The molecule has 3 heteroatoms. The Hall–Kier alpha value is -1.61. The minimum absolute atomic E-state index is 0.158. The quantitative estimate of drug-likeness (QED) is 0.889. The van der Waals surface area contributed by atoms with Gasteiger partial charge in [-0.2, -0.15) is 0 Å². The lowest BCUT2D eigenvalue weighted by Crippen LogP contribution is -2.24. The minimum Gasteiger partial charge on any atom is -0.466 e. The molecule has 19 heavy (non-hydrogen) atoms. The van der Waals surface area contributed by atoms with Crippen LogP contribution in [0.15, 0.2) is 28.9 Å². The molecule has 0 spiro atoms. The third-order valence-corrected chi connectivity index (χ3v) is 3.38. The van der Waals surface area contributed by atoms with Crippen molar-refractivity contribution in [2.45, 2.75) is 40.2 Å². The molecule has 102 valence electrons. The molecule has 2 rings (SSSR count). The summed E-state index contributed by atoms with van der Waals surface area (Å²) in [5.41, 5.74) is 3.68. The summed E-state index contributed by atoms with van der Waals surface area (Å²) in [5.74, 6) is 1.94. The van der Waals surface area contributed by atoms with E-state index in [2.05, 4.69) is 36.3 Å². The highest BCUT2D eigenvalue weighted by atomic mass is 16.3. The molecule has 0 amide bonds. The Morgan fingerprint density at radius 3 is 2.63 bits per heavy atom. The average molecular weight is 258 g/mol. The molecule has 3 nitrogen and oxygen atoms in total. The maximum Gasteiger partial charge on any atom is 0.106 e. The summed E-state index contributed by atoms with van der Waals surface area (Å²) in [6, 6.07) is 4.33. The van der Waals surface area contributed by atoms with Crippen LogP contribution in [0.5, 0.6) is 0 Å². The molecule has 0 fully saturated rings. The zero-order valence-corrected chi connectivity index (χ0v) is 12.2. The zero-order valence-electron chi connectivity index (χ0n) is 12.2. The molecule has 1 unspecified atom stereocenters. The Morgan fingerprint density at radius 1 is 1.26 bits per heavy atom. The smallest absolute Gasteiger partial charge is 0.106 e. The van der Waals surface area contributed by atoms with Crippen molar-refractivity contribution in [2.75, 3.05) is 6.54 Å². The molecular weight excluding hydrogens is 236 g/mol. The predicted molar refractivity (Wildman–Crippen MR) is 77.3 cm³/mol. The van der Waals surface area contributed by atoms with Crippen molar-refractivity contribution in [3.05, 3.63) is 52.7 Å². The Morgan fingerprint density at radius 2 is 2.05 bits per heavy atom. The number of rotatable bonds is 5. The predicted octanol–water partition coefficient (Wildman–Crippen LogP) is 3.69. The SMILES string of the molecule is CCCNC(c1cnccc1C)c1cc(C)oc1C. The topological polar surface area (TPSA) is 38.1 Å². The second-order valence-corrected chi connectivity index (χ2v) is 4.99. The van der Waals surface area contributed by atoms with Gasteiger partial charge in [0, 0.05) is 18.0 Å². The van der Waals surface area contributed by atoms with Crippen LogP contribution in [0.2, 0.25) is 0 Å². The van der Waals surface area contributed by atoms with Crippen LogP contribution in [-0.2, 0) is 0 Å². The zero-order chi connectivity index (χ0) is 13.8. The van der Waals surface area contributed by atoms with Gasteiger partial charge in [-0.15, -0.1) is 0 Å². The molecule has 0 saturated heterocycles. The molecule has 0 aromatic carbocycles. The minimum atomic E-state index is 0.158. The van der Waals surface area contributed by atoms with Crippen molar-refractivity contribution >= 4 is 0 Å². The van der Waals surface area contributed by atoms with E-state index in [0.717, 1.165) is 24.5 Å². The van der Waals surface area contributed by atoms with Gasteiger partial charge in [-0.25, -0.2) is 0 Å². The van der Waals surface area contributed by atoms with E-state index in [0.29, 0.717) is 0 Å². The molecule has 0 radical (unpaired) electrons. The number of hydrogen-bond acceptors (Lipinski definition) is 3. The van der Waals surface area contributed by atoms with Crippen LogP contribution >= 0.6 is 0 Å². The molecule has 2 heterocycles. The lowest BCUT2D eigenvalue weighted by Gasteiger charge is -2.20. The van der Waals surface area contributed by atoms with Gasteiger partial charge in [0.2, 0.25) is 0 Å². The van der Waals surface area contributed by atoms with Crippen molar-refractivity contribution in [1.82, 2.24) is 10.3 Å². The number of pyridine rings is 1. The number of aryl methyl sites for hydroxylation is 3. The van der Waals surface area contributed by atoms with Gasteiger partial charge in [-0.3, -0.25) is 4.98 Å². The number of nitrogens with one attached hydrogen (secondary N) is 1. The van der Waals surface area contributed by atoms with Crippen LogP contribution in [0.3, 0.4) is 0 Å². The van der Waals surface area contributed by atoms with E-state index in [4.69, 9.17) is 4.42 Å². The van der Waals surface area contributed by atoms with E-state index < -0.39 is 0 Å². The highest BCUT2D eigenvalue weighted by molar-refractivity contribution is 5.37. The van der Waals surface area contributed by atoms with Gasteiger partial charge in [0.1, 0.15) is 11.5 Å². The monoisotopic (exact) mass is 258 g/mol. The average Bonchev–Trinajstić information content (AvgIpc) is 2.71. The third-order valence-electron chi connectivity index (χ3n) is 3.38. The van der Waals surface area contributed by atoms with Crippen molar-refractivity contribution in [2.24, 2.45) is 0 Å². The summed E-state index contributed by atoms with van der Waals surface area (Å²) in [7, 11) is 0. The molecule has 0 aliphatic rings. The number of nitrogens with zero attached hydrogens (tertiary/aromatic N) is 1. The van der Waals surface area contributed by atoms with E-state index in [1.807, 2.05) is 26.2 Å². The molecule has 0 saturated carbocycles. The summed E-state index contributed by atoms with van der Waals surface area (Å²) in [6.07, 6.45) is 4.89. The van der Waals surface area contributed by atoms with Crippen LogP contribution in [0.1, 0.15) is 47.6 Å². The summed E-state index contributed by atoms with van der Waals surface area (Å²) in [5, 5.41) is 3.60. The summed E-state index contributed by atoms with van der Waals surface area (Å²) >= 11 is 0. The lowest BCUT2D eigenvalue weighted by atomic mass is 9.97. The molecule has 0 aliphatic carbocycles. The fourth-order valence-electron chi connectivity index (χ4n) is 2.39. The van der Waals surface area contributed by atoms with E-state index in [1.165, 1.54) is 16.7 Å². The van der Waals surface area contributed by atoms with Gasteiger partial charge in [0.25, 0.3) is 0 Å². The largest absolute Gasteiger partial charge is 0.466 e. The van der Waals surface area contributed by atoms with E-state index >= 15 is 0 Å². The fraction of sp³-hybridized carbons (Fsp3) is 0.438. The highest BCUT2D eigenvalue weighted by Crippen LogP contribution is 2.28. The van der Waals surface area contributed by atoms with Crippen LogP contribution < -0.4 is 5.32 Å². The van der Waals surface area contributed by atoms with Crippen molar-refractivity contribution < 1.29 is 4.42 Å². The normalized spacial score (nSPS) is 12.6. The Kier molecular flexibility index (Phi) is 4.38. The van der Waals surface area contributed by atoms with Gasteiger partial charge in [0.05, 0.1) is 6.04 Å². The first-order chi connectivity index (χ1) is 9.13. The fourth-order valence-corrected chi connectivity index (χ4v) is 2.39. The molecule has 1 atom stereocenters. The third kappa shape index (κ3) is 3.04. The van der Waals surface area contributed by atoms with Crippen molar-refractivity contribution in [1.29, 1.82) is 0 Å². The Labute approximate surface area is 115 Å². The summed E-state index contributed by atoms with van der Waals surface area (Å²) < 4.78 is 5.68. The van der Waals surface area contributed by atoms with Crippen LogP contribution in [-0.4, -0.2) is 11.5 Å². The van der Waals surface area contributed by atoms with Crippen LogP contribution in [0.4, 0.5) is 0 Å². The first-order valence-electron chi connectivity index (χ1n) is 6.84. The van der Waals surface area contributed by atoms with Gasteiger partial charge in [-0.1, -0.05) is 6.92 Å². The Bertz CT molecular complexity index is 545. The maximum atomic E-state index is 5.68. The number of hydrogen-bond donors (Lipinski definition) is 1. The van der Waals surface area contributed by atoms with E-state index in [-0.39, 0.29) is 6.04 Å². The summed E-state index contributed by atoms with van der Waals surface area (Å²) in [6.45, 7) is 9.29. The second-order valence-electron chi connectivity index (χ2n) is 4.99. The molecule has 0 bridgehead atoms. The number of furan rings is 1. The molecular formula is C16H22N2O. The second kappa shape index (κ2) is 6.02. The van der Waals surface area contributed by atoms with Crippen molar-refractivity contribution in [3.63, 3.8) is 0 Å². The van der Waals surface area contributed by atoms with E-state index in [1.54, 1.807) is 0 Å². The van der Waals surface area contributed by atoms with E-state index in [9.17, 15) is 0 Å². The molecule has 2 aromatic heterocycles. The molecule has 1 N–H and O–H groups in total. The molecule has 2 aromatic rings. The Balaban J connectivity index is 2.41. The van der Waals surface area contributed by atoms with Crippen LogP contribution in [0, 0.1) is 20.8 Å². The van der Waals surface area contributed by atoms with Crippen molar-refractivity contribution in [3.8, 4) is 0 Å². The number of aromatic nitrogens is 1. The first kappa shape index (κ1) is 13.8. The van der Waals surface area contributed by atoms with Crippen LogP contribution in [0.25, 0.3) is 0 Å². The highest BCUT2D eigenvalue weighted by Gasteiger charge is 2.20. The van der Waals surface area contributed by atoms with Gasteiger partial charge >= 0.3 is 0 Å².